The van der Waals surface area contributed by atoms with Gasteiger partial charge in [-0.2, -0.15) is 26.3 Å². The van der Waals surface area contributed by atoms with Gasteiger partial charge < -0.3 is 4.43 Å². The SMILES string of the molecule is CCON(CCCc1ccc(C(F)(F)F)cc1)N(C)C.CC[Si](CC)(CCCc1ccc(C(F)(F)F)cc1)OC. The molecule has 0 unspecified atom stereocenters. The van der Waals surface area contributed by atoms with E-state index in [1.54, 1.807) is 24.4 Å². The van der Waals surface area contributed by atoms with Crippen LogP contribution >= 0.6 is 0 Å². The van der Waals surface area contributed by atoms with Crippen LogP contribution in [0.2, 0.25) is 18.1 Å². The summed E-state index contributed by atoms with van der Waals surface area (Å²) >= 11 is 0. The number of hydrazine groups is 1. The molecule has 0 saturated heterocycles. The van der Waals surface area contributed by atoms with Gasteiger partial charge in [0.15, 0.2) is 8.32 Å². The monoisotopic (exact) mass is 594 g/mol. The van der Waals surface area contributed by atoms with Crippen LogP contribution < -0.4 is 0 Å². The van der Waals surface area contributed by atoms with Crippen molar-refractivity contribution in [2.45, 2.75) is 76.9 Å². The summed E-state index contributed by atoms with van der Waals surface area (Å²) in [5, 5.41) is 3.58. The van der Waals surface area contributed by atoms with Gasteiger partial charge in [0.25, 0.3) is 0 Å². The summed E-state index contributed by atoms with van der Waals surface area (Å²) < 4.78 is 80.4. The zero-order valence-electron chi connectivity index (χ0n) is 24.5. The Morgan fingerprint density at radius 2 is 1.12 bits per heavy atom. The molecule has 0 heterocycles. The molecule has 0 aliphatic carbocycles. The van der Waals surface area contributed by atoms with Gasteiger partial charge in [-0.1, -0.05) is 38.1 Å². The standard InChI is InChI=1S/C15H23F3OSi.C14H21F3N2O/c1-4-20(5-2,19-3)12-6-7-13-8-10-14(11-9-13)15(16,17)18;1-4-20-19(18(2)3)11-5-6-12-7-9-13(10-8-12)14(15,16)17/h8-11H,4-7,12H2,1-3H3;7-10H,4-6,11H2,1-3H3. The molecule has 0 atom stereocenters. The summed E-state index contributed by atoms with van der Waals surface area (Å²) in [4.78, 5) is 5.42. The molecule has 0 amide bonds. The summed E-state index contributed by atoms with van der Waals surface area (Å²) in [6.07, 6.45) is -5.20. The van der Waals surface area contributed by atoms with Crippen molar-refractivity contribution in [3.05, 3.63) is 70.8 Å². The number of hydrogen-bond acceptors (Lipinski definition) is 4. The van der Waals surface area contributed by atoms with Crippen molar-refractivity contribution in [2.75, 3.05) is 34.4 Å². The maximum atomic E-state index is 12.5. The summed E-state index contributed by atoms with van der Waals surface area (Å²) in [5.41, 5.74) is 0.673. The lowest BCUT2D eigenvalue weighted by molar-refractivity contribution is -0.265. The van der Waals surface area contributed by atoms with E-state index in [0.717, 1.165) is 79.2 Å². The van der Waals surface area contributed by atoms with E-state index in [0.29, 0.717) is 13.2 Å². The molecule has 0 aromatic heterocycles. The first kappa shape index (κ1) is 36.1. The van der Waals surface area contributed by atoms with Gasteiger partial charge in [0.1, 0.15) is 0 Å². The summed E-state index contributed by atoms with van der Waals surface area (Å²) in [6, 6.07) is 14.0. The number of hydrogen-bond donors (Lipinski definition) is 0. The second kappa shape index (κ2) is 17.1. The molecule has 0 bridgehead atoms. The second-order valence-electron chi connectivity index (χ2n) is 9.78. The van der Waals surface area contributed by atoms with E-state index in [2.05, 4.69) is 13.8 Å². The lowest BCUT2D eigenvalue weighted by Gasteiger charge is -2.27. The number of halogens is 6. The van der Waals surface area contributed by atoms with Crippen LogP contribution in [-0.4, -0.2) is 52.9 Å². The molecule has 11 heteroatoms. The highest BCUT2D eigenvalue weighted by Gasteiger charge is 2.31. The van der Waals surface area contributed by atoms with Crippen LogP contribution in [-0.2, 0) is 34.5 Å². The fraction of sp³-hybridized carbons (Fsp3) is 0.586. The van der Waals surface area contributed by atoms with Crippen molar-refractivity contribution in [1.82, 2.24) is 10.2 Å². The predicted octanol–water partition coefficient (Wildman–Crippen LogP) is 8.64. The van der Waals surface area contributed by atoms with Crippen molar-refractivity contribution in [1.29, 1.82) is 0 Å². The predicted molar refractivity (Wildman–Crippen MR) is 150 cm³/mol. The molecule has 40 heavy (non-hydrogen) atoms. The molecule has 4 nitrogen and oxygen atoms in total. The molecule has 2 aromatic carbocycles. The second-order valence-corrected chi connectivity index (χ2v) is 14.5. The van der Waals surface area contributed by atoms with Gasteiger partial charge >= 0.3 is 12.4 Å². The van der Waals surface area contributed by atoms with E-state index in [-0.39, 0.29) is 0 Å². The Labute approximate surface area is 236 Å². The van der Waals surface area contributed by atoms with E-state index in [9.17, 15) is 26.3 Å². The Balaban J connectivity index is 0.000000400. The van der Waals surface area contributed by atoms with E-state index < -0.39 is 31.8 Å². The van der Waals surface area contributed by atoms with Crippen molar-refractivity contribution in [3.63, 3.8) is 0 Å². The maximum Gasteiger partial charge on any atom is 0.416 e. The first-order chi connectivity index (χ1) is 18.7. The molecule has 0 radical (unpaired) electrons. The Morgan fingerprint density at radius 3 is 1.45 bits per heavy atom. The Hall–Kier alpha value is -1.92. The number of rotatable bonds is 14. The molecular formula is C29H44F6N2O2Si. The fourth-order valence-electron chi connectivity index (χ4n) is 4.28. The van der Waals surface area contributed by atoms with Crippen LogP contribution in [0, 0.1) is 0 Å². The average Bonchev–Trinajstić information content (AvgIpc) is 2.91. The van der Waals surface area contributed by atoms with E-state index >= 15 is 0 Å². The van der Waals surface area contributed by atoms with Gasteiger partial charge in [0.05, 0.1) is 17.7 Å². The van der Waals surface area contributed by atoms with Gasteiger partial charge in [-0.15, -0.1) is 5.17 Å². The molecule has 0 saturated carbocycles. The van der Waals surface area contributed by atoms with Crippen LogP contribution in [0.3, 0.4) is 0 Å². The number of nitrogens with zero attached hydrogens (tertiary/aromatic N) is 2. The van der Waals surface area contributed by atoms with Crippen LogP contribution in [0.25, 0.3) is 0 Å². The van der Waals surface area contributed by atoms with E-state index in [1.165, 1.54) is 12.1 Å². The van der Waals surface area contributed by atoms with Crippen molar-refractivity contribution in [2.24, 2.45) is 0 Å². The van der Waals surface area contributed by atoms with Gasteiger partial charge in [0, 0.05) is 27.7 Å². The third kappa shape index (κ3) is 12.7. The van der Waals surface area contributed by atoms with Gasteiger partial charge in [-0.25, -0.2) is 5.01 Å². The van der Waals surface area contributed by atoms with Gasteiger partial charge in [-0.3, -0.25) is 4.84 Å². The summed E-state index contributed by atoms with van der Waals surface area (Å²) in [6.45, 7) is 7.52. The number of aryl methyl sites for hydroxylation is 2. The third-order valence-electron chi connectivity index (χ3n) is 6.92. The summed E-state index contributed by atoms with van der Waals surface area (Å²) in [5.74, 6) is 0. The van der Waals surface area contributed by atoms with Crippen LogP contribution in [0.1, 0.15) is 55.9 Å². The average molecular weight is 595 g/mol. The Morgan fingerprint density at radius 1 is 0.700 bits per heavy atom. The molecular weight excluding hydrogens is 550 g/mol. The Bertz CT molecular complexity index is 939. The smallest absolute Gasteiger partial charge is 0.416 e. The van der Waals surface area contributed by atoms with E-state index in [1.807, 2.05) is 26.0 Å². The molecule has 0 N–H and O–H groups in total. The largest absolute Gasteiger partial charge is 0.420 e. The quantitative estimate of drug-likeness (QED) is 0.124. The maximum absolute atomic E-state index is 12.5. The summed E-state index contributed by atoms with van der Waals surface area (Å²) in [7, 11) is 3.96. The molecule has 2 aromatic rings. The van der Waals surface area contributed by atoms with Crippen molar-refractivity contribution >= 4 is 8.32 Å². The van der Waals surface area contributed by atoms with Crippen molar-refractivity contribution in [3.8, 4) is 0 Å². The zero-order valence-corrected chi connectivity index (χ0v) is 25.5. The molecule has 0 spiro atoms. The lowest BCUT2D eigenvalue weighted by atomic mass is 10.1. The molecule has 0 aliphatic heterocycles. The van der Waals surface area contributed by atoms with Crippen LogP contribution in [0.4, 0.5) is 26.3 Å². The topological polar surface area (TPSA) is 24.9 Å². The first-order valence-electron chi connectivity index (χ1n) is 13.7. The number of hydroxylamine groups is 1. The van der Waals surface area contributed by atoms with Crippen LogP contribution in [0.15, 0.2) is 48.5 Å². The molecule has 0 aliphatic rings. The minimum atomic E-state index is -4.27. The number of benzene rings is 2. The fourth-order valence-corrected chi connectivity index (χ4v) is 7.09. The molecule has 0 fully saturated rings. The minimum Gasteiger partial charge on any atom is -0.420 e. The molecule has 228 valence electrons. The third-order valence-corrected chi connectivity index (χ3v) is 11.6. The molecule has 2 rings (SSSR count). The lowest BCUT2D eigenvalue weighted by Crippen LogP contribution is -2.37. The highest BCUT2D eigenvalue weighted by molar-refractivity contribution is 6.73. The van der Waals surface area contributed by atoms with Crippen molar-refractivity contribution < 1.29 is 35.6 Å². The minimum absolute atomic E-state index is 0.580. The Kier molecular flexibility index (Phi) is 15.5. The highest BCUT2D eigenvalue weighted by Crippen LogP contribution is 2.30. The van der Waals surface area contributed by atoms with E-state index in [4.69, 9.17) is 9.26 Å². The highest BCUT2D eigenvalue weighted by atomic mass is 28.4. The van der Waals surface area contributed by atoms with Crippen LogP contribution in [0.5, 0.6) is 0 Å². The normalized spacial score (nSPS) is 12.6. The van der Waals surface area contributed by atoms with Gasteiger partial charge in [0.2, 0.25) is 0 Å². The number of alkyl halides is 6. The first-order valence-corrected chi connectivity index (χ1v) is 16.2. The van der Waals surface area contributed by atoms with Gasteiger partial charge in [-0.05, 0) is 86.1 Å². The zero-order chi connectivity index (χ0) is 30.4.